The van der Waals surface area contributed by atoms with Crippen LogP contribution in [0.25, 0.3) is 0 Å². The quantitative estimate of drug-likeness (QED) is 0.693. The van der Waals surface area contributed by atoms with Crippen molar-refractivity contribution in [2.24, 2.45) is 0 Å². The highest BCUT2D eigenvalue weighted by molar-refractivity contribution is 9.10. The fourth-order valence-electron chi connectivity index (χ4n) is 1.85. The Morgan fingerprint density at radius 2 is 1.63 bits per heavy atom. The zero-order valence-electron chi connectivity index (χ0n) is 10.7. The van der Waals surface area contributed by atoms with Crippen LogP contribution in [0.2, 0.25) is 0 Å². The molecule has 0 saturated carbocycles. The first-order valence-electron chi connectivity index (χ1n) is 5.77. The minimum Gasteiger partial charge on any atom is -0.497 e. The van der Waals surface area contributed by atoms with E-state index in [2.05, 4.69) is 31.9 Å². The largest absolute Gasteiger partial charge is 0.497 e. The van der Waals surface area contributed by atoms with Gasteiger partial charge in [-0.05, 0) is 29.8 Å². The molecule has 100 valence electrons. The zero-order valence-corrected chi connectivity index (χ0v) is 13.9. The van der Waals surface area contributed by atoms with Crippen molar-refractivity contribution in [1.82, 2.24) is 0 Å². The first kappa shape index (κ1) is 14.4. The van der Waals surface area contributed by atoms with E-state index >= 15 is 0 Å². The molecule has 0 aliphatic carbocycles. The van der Waals surface area contributed by atoms with E-state index in [1.807, 2.05) is 42.5 Å². The van der Waals surface area contributed by atoms with E-state index in [9.17, 15) is 0 Å². The third kappa shape index (κ3) is 3.31. The first-order chi connectivity index (χ1) is 9.15. The number of alkyl halides is 1. The zero-order chi connectivity index (χ0) is 13.8. The molecule has 0 aromatic heterocycles. The molecule has 2 aromatic rings. The Bertz CT molecular complexity index is 553. The number of benzene rings is 2. The molecule has 1 atom stereocenters. The summed E-state index contributed by atoms with van der Waals surface area (Å²) in [5.41, 5.74) is 2.25. The van der Waals surface area contributed by atoms with Gasteiger partial charge in [-0.3, -0.25) is 0 Å². The van der Waals surface area contributed by atoms with Crippen molar-refractivity contribution in [2.45, 2.75) is 4.83 Å². The molecule has 0 fully saturated rings. The van der Waals surface area contributed by atoms with Crippen LogP contribution in [-0.4, -0.2) is 14.2 Å². The monoisotopic (exact) mass is 384 g/mol. The van der Waals surface area contributed by atoms with Crippen LogP contribution < -0.4 is 9.47 Å². The Labute approximate surface area is 130 Å². The lowest BCUT2D eigenvalue weighted by Crippen LogP contribution is -1.97. The molecule has 19 heavy (non-hydrogen) atoms. The second-order valence-corrected chi connectivity index (χ2v) is 5.85. The summed E-state index contributed by atoms with van der Waals surface area (Å²) in [7, 11) is 3.34. The molecule has 0 radical (unpaired) electrons. The van der Waals surface area contributed by atoms with Crippen molar-refractivity contribution >= 4 is 31.9 Å². The maximum atomic E-state index is 5.43. The van der Waals surface area contributed by atoms with E-state index < -0.39 is 0 Å². The van der Waals surface area contributed by atoms with Gasteiger partial charge in [0.25, 0.3) is 0 Å². The van der Waals surface area contributed by atoms with Crippen LogP contribution in [0, 0.1) is 0 Å². The molecule has 0 heterocycles. The molecule has 4 heteroatoms. The summed E-state index contributed by atoms with van der Waals surface area (Å²) in [5.74, 6) is 1.71. The van der Waals surface area contributed by atoms with Crippen molar-refractivity contribution < 1.29 is 9.47 Å². The molecule has 0 aliphatic rings. The summed E-state index contributed by atoms with van der Waals surface area (Å²) in [6, 6.07) is 14.0. The molecular formula is C15H14Br2O2. The van der Waals surface area contributed by atoms with Gasteiger partial charge in [-0.1, -0.05) is 50.1 Å². The number of hydrogen-bond donors (Lipinski definition) is 0. The molecule has 0 bridgehead atoms. The molecule has 2 nitrogen and oxygen atoms in total. The van der Waals surface area contributed by atoms with Crippen LogP contribution in [0.15, 0.2) is 46.9 Å². The predicted octanol–water partition coefficient (Wildman–Crippen LogP) is 4.95. The van der Waals surface area contributed by atoms with Crippen LogP contribution >= 0.6 is 31.9 Å². The van der Waals surface area contributed by atoms with E-state index in [4.69, 9.17) is 9.47 Å². The second-order valence-electron chi connectivity index (χ2n) is 4.02. The molecule has 0 N–H and O–H groups in total. The van der Waals surface area contributed by atoms with E-state index in [-0.39, 0.29) is 4.83 Å². The van der Waals surface area contributed by atoms with E-state index in [0.29, 0.717) is 0 Å². The summed E-state index contributed by atoms with van der Waals surface area (Å²) >= 11 is 7.17. The van der Waals surface area contributed by atoms with Gasteiger partial charge >= 0.3 is 0 Å². The van der Waals surface area contributed by atoms with Gasteiger partial charge in [-0.2, -0.15) is 0 Å². The summed E-state index contributed by atoms with van der Waals surface area (Å²) in [5, 5.41) is 0. The van der Waals surface area contributed by atoms with Gasteiger partial charge in [-0.25, -0.2) is 0 Å². The molecule has 2 rings (SSSR count). The van der Waals surface area contributed by atoms with E-state index in [1.165, 1.54) is 0 Å². The third-order valence-corrected chi connectivity index (χ3v) is 4.39. The number of rotatable bonds is 4. The van der Waals surface area contributed by atoms with Crippen molar-refractivity contribution in [3.05, 3.63) is 58.1 Å². The average Bonchev–Trinajstić information content (AvgIpc) is 2.46. The van der Waals surface area contributed by atoms with Crippen molar-refractivity contribution in [2.75, 3.05) is 14.2 Å². The predicted molar refractivity (Wildman–Crippen MR) is 84.5 cm³/mol. The van der Waals surface area contributed by atoms with Gasteiger partial charge in [0.15, 0.2) is 0 Å². The van der Waals surface area contributed by atoms with Crippen LogP contribution in [0.4, 0.5) is 0 Å². The number of ether oxygens (including phenoxy) is 2. The van der Waals surface area contributed by atoms with Gasteiger partial charge in [0, 0.05) is 10.0 Å². The minimum atomic E-state index is 0.0847. The van der Waals surface area contributed by atoms with Crippen molar-refractivity contribution in [1.29, 1.82) is 0 Å². The Morgan fingerprint density at radius 1 is 0.947 bits per heavy atom. The van der Waals surface area contributed by atoms with Crippen LogP contribution in [-0.2, 0) is 0 Å². The fourth-order valence-corrected chi connectivity index (χ4v) is 2.87. The highest BCUT2D eigenvalue weighted by Crippen LogP contribution is 2.38. The highest BCUT2D eigenvalue weighted by atomic mass is 79.9. The van der Waals surface area contributed by atoms with Gasteiger partial charge in [0.2, 0.25) is 0 Å². The van der Waals surface area contributed by atoms with Gasteiger partial charge in [0.1, 0.15) is 11.5 Å². The topological polar surface area (TPSA) is 18.5 Å². The Balaban J connectivity index is 2.34. The first-order valence-corrected chi connectivity index (χ1v) is 7.48. The summed E-state index contributed by atoms with van der Waals surface area (Å²) < 4.78 is 11.6. The highest BCUT2D eigenvalue weighted by Gasteiger charge is 2.15. The summed E-state index contributed by atoms with van der Waals surface area (Å²) in [6.45, 7) is 0. The average molecular weight is 386 g/mol. The van der Waals surface area contributed by atoms with Crippen LogP contribution in [0.3, 0.4) is 0 Å². The van der Waals surface area contributed by atoms with Crippen LogP contribution in [0.1, 0.15) is 16.0 Å². The Morgan fingerprint density at radius 3 is 2.21 bits per heavy atom. The lowest BCUT2D eigenvalue weighted by Gasteiger charge is -2.15. The molecule has 0 amide bonds. The number of halogens is 2. The molecule has 0 aliphatic heterocycles. The SMILES string of the molecule is COc1ccc(C(Br)c2ccc(Br)cc2OC)cc1. The Kier molecular flexibility index (Phi) is 4.88. The van der Waals surface area contributed by atoms with Crippen molar-refractivity contribution in [3.8, 4) is 11.5 Å². The second kappa shape index (κ2) is 6.44. The fraction of sp³-hybridized carbons (Fsp3) is 0.200. The van der Waals surface area contributed by atoms with Gasteiger partial charge < -0.3 is 9.47 Å². The lowest BCUT2D eigenvalue weighted by atomic mass is 10.0. The number of methoxy groups -OCH3 is 2. The lowest BCUT2D eigenvalue weighted by molar-refractivity contribution is 0.410. The summed E-state index contributed by atoms with van der Waals surface area (Å²) in [6.07, 6.45) is 0. The standard InChI is InChI=1S/C15H14Br2O2/c1-18-12-6-3-10(4-7-12)15(17)13-8-5-11(16)9-14(13)19-2/h3-9,15H,1-2H3. The molecule has 1 unspecified atom stereocenters. The normalized spacial score (nSPS) is 12.0. The Hall–Kier alpha value is -1.00. The van der Waals surface area contributed by atoms with Crippen molar-refractivity contribution in [3.63, 3.8) is 0 Å². The molecular weight excluding hydrogens is 372 g/mol. The van der Waals surface area contributed by atoms with E-state index in [0.717, 1.165) is 27.1 Å². The maximum absolute atomic E-state index is 5.43. The third-order valence-electron chi connectivity index (χ3n) is 2.88. The molecule has 0 spiro atoms. The van der Waals surface area contributed by atoms with Gasteiger partial charge in [-0.15, -0.1) is 0 Å². The smallest absolute Gasteiger partial charge is 0.124 e. The molecule has 0 saturated heterocycles. The number of hydrogen-bond acceptors (Lipinski definition) is 2. The van der Waals surface area contributed by atoms with Gasteiger partial charge in [0.05, 0.1) is 19.0 Å². The van der Waals surface area contributed by atoms with Crippen LogP contribution in [0.5, 0.6) is 11.5 Å². The minimum absolute atomic E-state index is 0.0847. The summed E-state index contributed by atoms with van der Waals surface area (Å²) in [4.78, 5) is 0.0847. The van der Waals surface area contributed by atoms with E-state index in [1.54, 1.807) is 14.2 Å². The molecule has 2 aromatic carbocycles. The maximum Gasteiger partial charge on any atom is 0.124 e.